The Hall–Kier alpha value is -2.06. The van der Waals surface area contributed by atoms with E-state index in [0.29, 0.717) is 11.4 Å². The first-order valence-electron chi connectivity index (χ1n) is 6.55. The van der Waals surface area contributed by atoms with E-state index in [1.54, 1.807) is 36.4 Å². The summed E-state index contributed by atoms with van der Waals surface area (Å²) >= 11 is 3.25. The zero-order chi connectivity index (χ0) is 17.0. The Morgan fingerprint density at radius 3 is 2.17 bits per heavy atom. The van der Waals surface area contributed by atoms with Gasteiger partial charge in [0, 0.05) is 4.47 Å². The van der Waals surface area contributed by atoms with Crippen LogP contribution in [0.25, 0.3) is 0 Å². The molecular weight excluding hydrogens is 384 g/mol. The third-order valence-electron chi connectivity index (χ3n) is 3.06. The minimum Gasteiger partial charge on any atom is -0.497 e. The molecule has 8 heteroatoms. The molecule has 0 aliphatic heterocycles. The summed E-state index contributed by atoms with van der Waals surface area (Å²) < 4.78 is 32.4. The van der Waals surface area contributed by atoms with E-state index in [1.807, 2.05) is 0 Å². The molecule has 0 heterocycles. The zero-order valence-corrected chi connectivity index (χ0v) is 14.7. The first-order valence-corrected chi connectivity index (χ1v) is 8.78. The lowest BCUT2D eigenvalue weighted by molar-refractivity contribution is -0.116. The van der Waals surface area contributed by atoms with Gasteiger partial charge in [0.15, 0.2) is 0 Å². The maximum atomic E-state index is 12.8. The van der Waals surface area contributed by atoms with Crippen LogP contribution < -0.4 is 14.8 Å². The second kappa shape index (κ2) is 7.01. The minimum absolute atomic E-state index is 0.0674. The second-order valence-electron chi connectivity index (χ2n) is 4.63. The maximum absolute atomic E-state index is 12.8. The molecule has 2 aromatic carbocycles. The van der Waals surface area contributed by atoms with Crippen LogP contribution in [-0.4, -0.2) is 28.0 Å². The van der Waals surface area contributed by atoms with Crippen molar-refractivity contribution in [3.8, 4) is 5.75 Å². The van der Waals surface area contributed by atoms with Crippen LogP contribution in [0, 0.1) is 0 Å². The van der Waals surface area contributed by atoms with Gasteiger partial charge in [-0.2, -0.15) is 0 Å². The Labute approximate surface area is 143 Å². The van der Waals surface area contributed by atoms with Crippen molar-refractivity contribution in [1.82, 2.24) is 0 Å². The lowest BCUT2D eigenvalue weighted by atomic mass is 10.3. The van der Waals surface area contributed by atoms with Crippen molar-refractivity contribution in [3.05, 3.63) is 53.0 Å². The smallest absolute Gasteiger partial charge is 0.264 e. The van der Waals surface area contributed by atoms with E-state index in [-0.39, 0.29) is 4.90 Å². The second-order valence-corrected chi connectivity index (χ2v) is 7.41. The number of hydrogen-bond acceptors (Lipinski definition) is 4. The predicted molar refractivity (Wildman–Crippen MR) is 90.9 cm³/mol. The lowest BCUT2D eigenvalue weighted by Crippen LogP contribution is -2.38. The largest absolute Gasteiger partial charge is 0.497 e. The maximum Gasteiger partial charge on any atom is 0.264 e. The molecular formula is C15H15BrN2O4S. The third kappa shape index (κ3) is 4.02. The summed E-state index contributed by atoms with van der Waals surface area (Å²) in [6.07, 6.45) is 0. The molecule has 0 bridgehead atoms. The molecule has 2 rings (SSSR count). The molecule has 122 valence electrons. The number of benzene rings is 2. The van der Waals surface area contributed by atoms with Crippen LogP contribution in [0.4, 0.5) is 5.69 Å². The van der Waals surface area contributed by atoms with Gasteiger partial charge in [0.25, 0.3) is 10.0 Å². The summed E-state index contributed by atoms with van der Waals surface area (Å²) in [5, 5.41) is 0. The van der Waals surface area contributed by atoms with E-state index >= 15 is 0 Å². The van der Waals surface area contributed by atoms with Crippen molar-refractivity contribution in [2.75, 3.05) is 18.0 Å². The number of nitrogens with zero attached hydrogens (tertiary/aromatic N) is 1. The van der Waals surface area contributed by atoms with Gasteiger partial charge in [-0.25, -0.2) is 8.42 Å². The Balaban J connectivity index is 2.48. The average Bonchev–Trinajstić information content (AvgIpc) is 2.53. The van der Waals surface area contributed by atoms with E-state index in [0.717, 1.165) is 8.78 Å². The number of nitrogens with two attached hydrogens (primary N) is 1. The van der Waals surface area contributed by atoms with E-state index in [1.165, 1.54) is 19.2 Å². The number of methoxy groups -OCH3 is 1. The molecule has 2 aromatic rings. The summed E-state index contributed by atoms with van der Waals surface area (Å²) in [6, 6.07) is 12.5. The lowest BCUT2D eigenvalue weighted by Gasteiger charge is -2.23. The molecule has 0 spiro atoms. The fraction of sp³-hybridized carbons (Fsp3) is 0.133. The summed E-state index contributed by atoms with van der Waals surface area (Å²) in [5.74, 6) is -0.171. The van der Waals surface area contributed by atoms with E-state index in [9.17, 15) is 13.2 Å². The predicted octanol–water partition coefficient (Wildman–Crippen LogP) is 2.14. The molecule has 0 saturated heterocycles. The van der Waals surface area contributed by atoms with Gasteiger partial charge < -0.3 is 10.5 Å². The van der Waals surface area contributed by atoms with Gasteiger partial charge in [-0.15, -0.1) is 0 Å². The van der Waals surface area contributed by atoms with Gasteiger partial charge in [-0.3, -0.25) is 9.10 Å². The number of rotatable bonds is 6. The third-order valence-corrected chi connectivity index (χ3v) is 5.38. The van der Waals surface area contributed by atoms with Gasteiger partial charge in [0.05, 0.1) is 17.7 Å². The number of anilines is 1. The number of carbonyl (C=O) groups is 1. The van der Waals surface area contributed by atoms with Crippen LogP contribution in [-0.2, 0) is 14.8 Å². The highest BCUT2D eigenvalue weighted by Gasteiger charge is 2.26. The van der Waals surface area contributed by atoms with Crippen molar-refractivity contribution < 1.29 is 17.9 Å². The van der Waals surface area contributed by atoms with Crippen LogP contribution in [0.5, 0.6) is 5.75 Å². The molecule has 0 fully saturated rings. The number of amides is 1. The molecule has 0 aromatic heterocycles. The molecule has 0 saturated carbocycles. The molecule has 1 amide bonds. The van der Waals surface area contributed by atoms with Crippen molar-refractivity contribution >= 4 is 37.5 Å². The molecule has 0 atom stereocenters. The first kappa shape index (κ1) is 17.3. The van der Waals surface area contributed by atoms with Crippen LogP contribution >= 0.6 is 15.9 Å². The van der Waals surface area contributed by atoms with E-state index in [2.05, 4.69) is 15.9 Å². The highest BCUT2D eigenvalue weighted by molar-refractivity contribution is 9.10. The zero-order valence-electron chi connectivity index (χ0n) is 12.3. The Kier molecular flexibility index (Phi) is 5.27. The fourth-order valence-corrected chi connectivity index (χ4v) is 3.63. The number of hydrogen-bond donors (Lipinski definition) is 1. The SMILES string of the molecule is COc1ccc(N(CC(N)=O)S(=O)(=O)c2ccc(Br)cc2)cc1. The number of primary amides is 1. The molecule has 0 aliphatic carbocycles. The highest BCUT2D eigenvalue weighted by atomic mass is 79.9. The normalized spacial score (nSPS) is 11.0. The standard InChI is InChI=1S/C15H15BrN2O4S/c1-22-13-6-4-12(5-7-13)18(10-15(17)19)23(20,21)14-8-2-11(16)3-9-14/h2-9H,10H2,1H3,(H2,17,19). The highest BCUT2D eigenvalue weighted by Crippen LogP contribution is 2.26. The molecule has 2 N–H and O–H groups in total. The molecule has 0 aliphatic rings. The summed E-state index contributed by atoms with van der Waals surface area (Å²) in [4.78, 5) is 11.4. The fourth-order valence-electron chi connectivity index (χ4n) is 1.94. The Morgan fingerprint density at radius 1 is 1.13 bits per heavy atom. The number of halogens is 1. The average molecular weight is 399 g/mol. The molecule has 23 heavy (non-hydrogen) atoms. The Morgan fingerprint density at radius 2 is 1.70 bits per heavy atom. The van der Waals surface area contributed by atoms with Gasteiger partial charge in [0.2, 0.25) is 5.91 Å². The quantitative estimate of drug-likeness (QED) is 0.806. The minimum atomic E-state index is -3.91. The molecule has 6 nitrogen and oxygen atoms in total. The first-order chi connectivity index (χ1) is 10.8. The number of ether oxygens (including phenoxy) is 1. The summed E-state index contributed by atoms with van der Waals surface area (Å²) in [6.45, 7) is -0.454. The van der Waals surface area contributed by atoms with Crippen LogP contribution in [0.3, 0.4) is 0 Å². The number of sulfonamides is 1. The van der Waals surface area contributed by atoms with Crippen molar-refractivity contribution in [2.24, 2.45) is 5.73 Å². The van der Waals surface area contributed by atoms with Crippen molar-refractivity contribution in [1.29, 1.82) is 0 Å². The van der Waals surface area contributed by atoms with Crippen molar-refractivity contribution in [3.63, 3.8) is 0 Å². The van der Waals surface area contributed by atoms with Gasteiger partial charge in [-0.05, 0) is 48.5 Å². The summed E-state index contributed by atoms with van der Waals surface area (Å²) in [7, 11) is -2.41. The van der Waals surface area contributed by atoms with Gasteiger partial charge in [0.1, 0.15) is 12.3 Å². The summed E-state index contributed by atoms with van der Waals surface area (Å²) in [5.41, 5.74) is 5.53. The monoisotopic (exact) mass is 398 g/mol. The van der Waals surface area contributed by atoms with Crippen LogP contribution in [0.15, 0.2) is 57.9 Å². The van der Waals surface area contributed by atoms with Gasteiger partial charge in [-0.1, -0.05) is 15.9 Å². The van der Waals surface area contributed by atoms with Crippen LogP contribution in [0.2, 0.25) is 0 Å². The Bertz CT molecular complexity index is 789. The molecule has 0 radical (unpaired) electrons. The topological polar surface area (TPSA) is 89.7 Å². The van der Waals surface area contributed by atoms with Crippen molar-refractivity contribution in [2.45, 2.75) is 4.90 Å². The van der Waals surface area contributed by atoms with E-state index < -0.39 is 22.5 Å². The van der Waals surface area contributed by atoms with E-state index in [4.69, 9.17) is 10.5 Å². The molecule has 0 unspecified atom stereocenters. The number of carbonyl (C=O) groups excluding carboxylic acids is 1. The van der Waals surface area contributed by atoms with Gasteiger partial charge >= 0.3 is 0 Å². The van der Waals surface area contributed by atoms with Crippen LogP contribution in [0.1, 0.15) is 0 Å².